The van der Waals surface area contributed by atoms with Crippen LogP contribution in [-0.2, 0) is 5.75 Å². The molecule has 0 aliphatic rings. The van der Waals surface area contributed by atoms with Gasteiger partial charge in [0, 0.05) is 16.7 Å². The molecule has 0 spiro atoms. The standard InChI is InChI=1S/C14H9F3O2S/c15-9-3-8(4-10(16)5-9)7-20-11-1-2-13(17)12(6-11)14(18)19/h1-6H,7H2,(H,18,19). The molecular weight excluding hydrogens is 289 g/mol. The molecule has 0 amide bonds. The number of thioether (sulfide) groups is 1. The van der Waals surface area contributed by atoms with Crippen LogP contribution in [0.15, 0.2) is 41.3 Å². The summed E-state index contributed by atoms with van der Waals surface area (Å²) in [6, 6.07) is 6.82. The summed E-state index contributed by atoms with van der Waals surface area (Å²) in [5.74, 6) is -3.28. The Hall–Kier alpha value is -1.95. The highest BCUT2D eigenvalue weighted by Gasteiger charge is 2.11. The van der Waals surface area contributed by atoms with Gasteiger partial charge in [0.25, 0.3) is 0 Å². The summed E-state index contributed by atoms with van der Waals surface area (Å²) in [6.45, 7) is 0. The molecule has 6 heteroatoms. The zero-order valence-electron chi connectivity index (χ0n) is 10.1. The first-order valence-corrected chi connectivity index (χ1v) is 6.55. The number of halogens is 3. The van der Waals surface area contributed by atoms with Crippen LogP contribution in [0.4, 0.5) is 13.2 Å². The molecule has 104 valence electrons. The minimum Gasteiger partial charge on any atom is -0.478 e. The highest BCUT2D eigenvalue weighted by molar-refractivity contribution is 7.98. The Morgan fingerprint density at radius 2 is 1.70 bits per heavy atom. The van der Waals surface area contributed by atoms with Gasteiger partial charge in [-0.05, 0) is 35.9 Å². The van der Waals surface area contributed by atoms with Gasteiger partial charge in [0.1, 0.15) is 17.5 Å². The topological polar surface area (TPSA) is 37.3 Å². The Morgan fingerprint density at radius 3 is 2.30 bits per heavy atom. The van der Waals surface area contributed by atoms with Crippen molar-refractivity contribution in [3.8, 4) is 0 Å². The van der Waals surface area contributed by atoms with E-state index in [9.17, 15) is 18.0 Å². The van der Waals surface area contributed by atoms with Crippen LogP contribution in [0.2, 0.25) is 0 Å². The van der Waals surface area contributed by atoms with Crippen LogP contribution in [-0.4, -0.2) is 11.1 Å². The molecule has 1 N–H and O–H groups in total. The van der Waals surface area contributed by atoms with Crippen molar-refractivity contribution in [1.82, 2.24) is 0 Å². The van der Waals surface area contributed by atoms with Crippen LogP contribution in [0.1, 0.15) is 15.9 Å². The molecule has 0 bridgehead atoms. The number of carboxylic acids is 1. The first-order chi connectivity index (χ1) is 9.45. The smallest absolute Gasteiger partial charge is 0.338 e. The van der Waals surface area contributed by atoms with E-state index in [4.69, 9.17) is 5.11 Å². The Morgan fingerprint density at radius 1 is 1.05 bits per heavy atom. The van der Waals surface area contributed by atoms with E-state index in [0.29, 0.717) is 10.5 Å². The van der Waals surface area contributed by atoms with Gasteiger partial charge in [0.2, 0.25) is 0 Å². The first-order valence-electron chi connectivity index (χ1n) is 5.56. The van der Waals surface area contributed by atoms with E-state index in [1.54, 1.807) is 0 Å². The summed E-state index contributed by atoms with van der Waals surface area (Å²) in [5.41, 5.74) is -0.00544. The number of aromatic carboxylic acids is 1. The first kappa shape index (κ1) is 14.5. The number of hydrogen-bond donors (Lipinski definition) is 1. The van der Waals surface area contributed by atoms with Crippen molar-refractivity contribution in [2.24, 2.45) is 0 Å². The highest BCUT2D eigenvalue weighted by atomic mass is 32.2. The second-order valence-electron chi connectivity index (χ2n) is 4.01. The van der Waals surface area contributed by atoms with Crippen molar-refractivity contribution < 1.29 is 23.1 Å². The van der Waals surface area contributed by atoms with E-state index in [2.05, 4.69) is 0 Å². The van der Waals surface area contributed by atoms with Gasteiger partial charge in [0.15, 0.2) is 0 Å². The summed E-state index contributed by atoms with van der Waals surface area (Å²) < 4.78 is 39.2. The van der Waals surface area contributed by atoms with Crippen molar-refractivity contribution in [2.75, 3.05) is 0 Å². The number of carboxylic acid groups (broad SMARTS) is 1. The average Bonchev–Trinajstić information content (AvgIpc) is 2.36. The van der Waals surface area contributed by atoms with Gasteiger partial charge in [0.05, 0.1) is 5.56 Å². The van der Waals surface area contributed by atoms with Gasteiger partial charge in [-0.25, -0.2) is 18.0 Å². The van der Waals surface area contributed by atoms with E-state index in [1.165, 1.54) is 36.0 Å². The highest BCUT2D eigenvalue weighted by Crippen LogP contribution is 2.25. The van der Waals surface area contributed by atoms with Crippen LogP contribution in [0.25, 0.3) is 0 Å². The van der Waals surface area contributed by atoms with Gasteiger partial charge in [-0.1, -0.05) is 0 Å². The monoisotopic (exact) mass is 298 g/mol. The molecule has 0 heterocycles. The normalized spacial score (nSPS) is 10.6. The van der Waals surface area contributed by atoms with E-state index in [0.717, 1.165) is 12.1 Å². The number of rotatable bonds is 4. The fourth-order valence-electron chi connectivity index (χ4n) is 1.62. The Bertz CT molecular complexity index is 639. The minimum absolute atomic E-state index is 0.249. The molecular formula is C14H9F3O2S. The summed E-state index contributed by atoms with van der Waals surface area (Å²) in [6.07, 6.45) is 0. The van der Waals surface area contributed by atoms with E-state index < -0.39 is 29.0 Å². The van der Waals surface area contributed by atoms with E-state index in [-0.39, 0.29) is 5.75 Å². The molecule has 0 saturated carbocycles. The molecule has 0 fully saturated rings. The second-order valence-corrected chi connectivity index (χ2v) is 5.06. The molecule has 0 aliphatic heterocycles. The third-order valence-electron chi connectivity index (χ3n) is 2.50. The number of hydrogen-bond acceptors (Lipinski definition) is 2. The number of benzene rings is 2. The molecule has 0 aliphatic carbocycles. The van der Waals surface area contributed by atoms with E-state index in [1.807, 2.05) is 0 Å². The molecule has 2 nitrogen and oxygen atoms in total. The maximum atomic E-state index is 13.2. The maximum absolute atomic E-state index is 13.2. The van der Waals surface area contributed by atoms with E-state index >= 15 is 0 Å². The zero-order chi connectivity index (χ0) is 14.7. The largest absolute Gasteiger partial charge is 0.478 e. The van der Waals surface area contributed by atoms with Gasteiger partial charge in [-0.15, -0.1) is 11.8 Å². The summed E-state index contributed by atoms with van der Waals surface area (Å²) in [5, 5.41) is 8.80. The lowest BCUT2D eigenvalue weighted by atomic mass is 10.2. The zero-order valence-corrected chi connectivity index (χ0v) is 10.9. The van der Waals surface area contributed by atoms with Crippen molar-refractivity contribution in [3.63, 3.8) is 0 Å². The predicted molar refractivity (Wildman–Crippen MR) is 69.3 cm³/mol. The number of carbonyl (C=O) groups is 1. The second kappa shape index (κ2) is 6.00. The summed E-state index contributed by atoms with van der Waals surface area (Å²) in [7, 11) is 0. The summed E-state index contributed by atoms with van der Waals surface area (Å²) in [4.78, 5) is 11.3. The Kier molecular flexibility index (Phi) is 4.34. The van der Waals surface area contributed by atoms with Crippen LogP contribution in [0, 0.1) is 17.5 Å². The Labute approximate surface area is 117 Å². The molecule has 2 aromatic carbocycles. The fraction of sp³-hybridized carbons (Fsp3) is 0.0714. The van der Waals surface area contributed by atoms with Gasteiger partial charge in [-0.2, -0.15) is 0 Å². The quantitative estimate of drug-likeness (QED) is 0.864. The van der Waals surface area contributed by atoms with Crippen LogP contribution in [0.3, 0.4) is 0 Å². The molecule has 0 saturated heterocycles. The predicted octanol–water partition coefficient (Wildman–Crippen LogP) is 4.09. The lowest BCUT2D eigenvalue weighted by molar-refractivity contribution is 0.0691. The van der Waals surface area contributed by atoms with Crippen LogP contribution in [0.5, 0.6) is 0 Å². The average molecular weight is 298 g/mol. The minimum atomic E-state index is -1.36. The van der Waals surface area contributed by atoms with Crippen molar-refractivity contribution >= 4 is 17.7 Å². The maximum Gasteiger partial charge on any atom is 0.338 e. The fourth-order valence-corrected chi connectivity index (χ4v) is 2.48. The van der Waals surface area contributed by atoms with Gasteiger partial charge < -0.3 is 5.11 Å². The molecule has 0 unspecified atom stereocenters. The van der Waals surface area contributed by atoms with Gasteiger partial charge >= 0.3 is 5.97 Å². The lowest BCUT2D eigenvalue weighted by Crippen LogP contribution is -2.00. The third kappa shape index (κ3) is 3.54. The third-order valence-corrected chi connectivity index (χ3v) is 3.56. The molecule has 2 rings (SSSR count). The van der Waals surface area contributed by atoms with Crippen molar-refractivity contribution in [2.45, 2.75) is 10.6 Å². The van der Waals surface area contributed by atoms with Crippen molar-refractivity contribution in [1.29, 1.82) is 0 Å². The van der Waals surface area contributed by atoms with Gasteiger partial charge in [-0.3, -0.25) is 0 Å². The SMILES string of the molecule is O=C(O)c1cc(SCc2cc(F)cc(F)c2)ccc1F. The molecule has 20 heavy (non-hydrogen) atoms. The molecule has 0 aromatic heterocycles. The van der Waals surface area contributed by atoms with Crippen molar-refractivity contribution in [3.05, 3.63) is 65.0 Å². The molecule has 0 radical (unpaired) electrons. The van der Waals surface area contributed by atoms with Crippen LogP contribution >= 0.6 is 11.8 Å². The molecule has 2 aromatic rings. The summed E-state index contributed by atoms with van der Waals surface area (Å²) >= 11 is 1.17. The Balaban J connectivity index is 2.14. The lowest BCUT2D eigenvalue weighted by Gasteiger charge is -2.05. The molecule has 0 atom stereocenters. The van der Waals surface area contributed by atoms with Crippen LogP contribution < -0.4 is 0 Å².